The van der Waals surface area contributed by atoms with Crippen LogP contribution in [0.4, 0.5) is 0 Å². The number of hydrogen-bond donors (Lipinski definition) is 5. The van der Waals surface area contributed by atoms with E-state index in [1.807, 2.05) is 0 Å². The molecule has 1 amide bonds. The summed E-state index contributed by atoms with van der Waals surface area (Å²) in [5, 5.41) is 17.3. The Morgan fingerprint density at radius 2 is 1.10 bits per heavy atom. The van der Waals surface area contributed by atoms with Crippen LogP contribution in [0.15, 0.2) is 12.3 Å². The molecule has 1 aliphatic heterocycles. The second kappa shape index (κ2) is 21.3. The van der Waals surface area contributed by atoms with Crippen LogP contribution in [0.3, 0.4) is 0 Å². The van der Waals surface area contributed by atoms with Crippen molar-refractivity contribution in [1.29, 1.82) is 0 Å². The Bertz CT molecular complexity index is 565. The fourth-order valence-corrected chi connectivity index (χ4v) is 5.38. The smallest absolute Gasteiger partial charge is 0.222 e. The lowest BCUT2D eigenvalue weighted by molar-refractivity contribution is -0.123. The molecule has 0 aromatic rings. The average molecular weight is 550 g/mol. The highest BCUT2D eigenvalue weighted by Gasteiger charge is 2.24. The van der Waals surface area contributed by atoms with Crippen LogP contribution in [0, 0.1) is 5.92 Å². The van der Waals surface area contributed by atoms with E-state index in [2.05, 4.69) is 74.7 Å². The first-order valence-electron chi connectivity index (χ1n) is 16.0. The van der Waals surface area contributed by atoms with Crippen molar-refractivity contribution in [1.82, 2.24) is 26.6 Å². The molecule has 0 aliphatic carbocycles. The molecule has 1 saturated heterocycles. The number of rotatable bonds is 18. The molecule has 3 unspecified atom stereocenters. The van der Waals surface area contributed by atoms with Gasteiger partial charge in [-0.25, -0.2) is 0 Å². The van der Waals surface area contributed by atoms with Gasteiger partial charge in [0, 0.05) is 55.2 Å². The van der Waals surface area contributed by atoms with Crippen molar-refractivity contribution in [2.75, 3.05) is 19.6 Å². The number of Topliss-reactive ketones (excluding diaryl/α,β-unsaturated/α-hetero) is 1. The minimum atomic E-state index is -0.0709. The molecule has 0 saturated carbocycles. The van der Waals surface area contributed by atoms with Gasteiger partial charge in [-0.05, 0) is 70.5 Å². The van der Waals surface area contributed by atoms with Crippen molar-refractivity contribution in [2.24, 2.45) is 5.92 Å². The van der Waals surface area contributed by atoms with Crippen LogP contribution in [-0.2, 0) is 9.59 Å². The highest BCUT2D eigenvalue weighted by atomic mass is 16.2. The van der Waals surface area contributed by atoms with Crippen LogP contribution in [0.1, 0.15) is 125 Å². The van der Waals surface area contributed by atoms with E-state index in [-0.39, 0.29) is 23.8 Å². The van der Waals surface area contributed by atoms with E-state index in [1.54, 1.807) is 0 Å². The van der Waals surface area contributed by atoms with Gasteiger partial charge in [0.05, 0.1) is 0 Å². The zero-order chi connectivity index (χ0) is 29.0. The largest absolute Gasteiger partial charge is 0.386 e. The molecule has 7 nitrogen and oxygen atoms in total. The fraction of sp³-hybridized carbons (Fsp3) is 0.875. The number of amides is 1. The first-order chi connectivity index (χ1) is 18.5. The topological polar surface area (TPSA) is 94.3 Å². The minimum absolute atomic E-state index is 0.0495. The van der Waals surface area contributed by atoms with E-state index in [4.69, 9.17) is 0 Å². The predicted molar refractivity (Wildman–Crippen MR) is 166 cm³/mol. The molecule has 0 radical (unpaired) electrons. The van der Waals surface area contributed by atoms with Gasteiger partial charge in [-0.1, -0.05) is 67.4 Å². The summed E-state index contributed by atoms with van der Waals surface area (Å²) in [6.07, 6.45) is 11.6. The molecular weight excluding hydrogens is 486 g/mol. The lowest BCUT2D eigenvalue weighted by Crippen LogP contribution is -2.41. The van der Waals surface area contributed by atoms with E-state index in [0.29, 0.717) is 43.3 Å². The van der Waals surface area contributed by atoms with Crippen LogP contribution in [0.2, 0.25) is 0 Å². The van der Waals surface area contributed by atoms with Crippen molar-refractivity contribution >= 4 is 11.7 Å². The average Bonchev–Trinajstić information content (AvgIpc) is 2.81. The normalized spacial score (nSPS) is 21.7. The number of ketones is 1. The third-order valence-corrected chi connectivity index (χ3v) is 7.39. The van der Waals surface area contributed by atoms with Crippen molar-refractivity contribution in [2.45, 2.75) is 155 Å². The standard InChI is InChI=1S/C32H63N5O2/c1-24(2)33-17-11-8-14-28-20-27(7)36-30(16-10-13-19-35-26(5)6)23-32(39)37-29(22-31(38)21-28)15-9-12-18-34-25(3)4/h24-26,28-30,33-36H,7-23H2,1-6H3,(H,37,39). The Morgan fingerprint density at radius 3 is 1.59 bits per heavy atom. The second-order valence-corrected chi connectivity index (χ2v) is 12.7. The molecule has 0 bridgehead atoms. The van der Waals surface area contributed by atoms with Gasteiger partial charge in [0.1, 0.15) is 5.78 Å². The molecule has 1 heterocycles. The predicted octanol–water partition coefficient (Wildman–Crippen LogP) is 5.21. The van der Waals surface area contributed by atoms with E-state index >= 15 is 0 Å². The first-order valence-corrected chi connectivity index (χ1v) is 16.0. The zero-order valence-electron chi connectivity index (χ0n) is 26.3. The van der Waals surface area contributed by atoms with Crippen LogP contribution in [0.5, 0.6) is 0 Å². The Labute approximate surface area is 240 Å². The molecule has 0 aromatic carbocycles. The summed E-state index contributed by atoms with van der Waals surface area (Å²) in [6.45, 7) is 20.3. The third kappa shape index (κ3) is 20.1. The molecule has 39 heavy (non-hydrogen) atoms. The number of allylic oxidation sites excluding steroid dienone is 1. The van der Waals surface area contributed by atoms with E-state index in [0.717, 1.165) is 89.5 Å². The lowest BCUT2D eigenvalue weighted by atomic mass is 9.88. The van der Waals surface area contributed by atoms with Gasteiger partial charge in [-0.2, -0.15) is 0 Å². The summed E-state index contributed by atoms with van der Waals surface area (Å²) in [7, 11) is 0. The summed E-state index contributed by atoms with van der Waals surface area (Å²) >= 11 is 0. The summed E-state index contributed by atoms with van der Waals surface area (Å²) in [6, 6.07) is 1.49. The monoisotopic (exact) mass is 549 g/mol. The molecule has 5 N–H and O–H groups in total. The quantitative estimate of drug-likeness (QED) is 0.151. The fourth-order valence-electron chi connectivity index (χ4n) is 5.38. The SMILES string of the molecule is C=C1CC(CCCCNC(C)C)CC(=O)CC(CCCCNC(C)C)NC(=O)CC(CCCCNC(C)C)N1. The minimum Gasteiger partial charge on any atom is -0.386 e. The summed E-state index contributed by atoms with van der Waals surface area (Å²) < 4.78 is 0. The van der Waals surface area contributed by atoms with E-state index < -0.39 is 0 Å². The molecular formula is C32H63N5O2. The van der Waals surface area contributed by atoms with Gasteiger partial charge >= 0.3 is 0 Å². The highest BCUT2D eigenvalue weighted by Crippen LogP contribution is 2.23. The Morgan fingerprint density at radius 1 is 0.641 bits per heavy atom. The van der Waals surface area contributed by atoms with Gasteiger partial charge in [-0.15, -0.1) is 0 Å². The molecule has 1 rings (SSSR count). The van der Waals surface area contributed by atoms with Gasteiger partial charge in [0.25, 0.3) is 0 Å². The van der Waals surface area contributed by atoms with Crippen molar-refractivity contribution < 1.29 is 9.59 Å². The molecule has 1 aliphatic rings. The number of hydrogen-bond acceptors (Lipinski definition) is 6. The van der Waals surface area contributed by atoms with Crippen LogP contribution >= 0.6 is 0 Å². The molecule has 3 atom stereocenters. The Kier molecular flexibility index (Phi) is 19.5. The zero-order valence-corrected chi connectivity index (χ0v) is 26.3. The summed E-state index contributed by atoms with van der Waals surface area (Å²) in [5.41, 5.74) is 0.973. The highest BCUT2D eigenvalue weighted by molar-refractivity contribution is 5.81. The number of unbranched alkanes of at least 4 members (excludes halogenated alkanes) is 3. The summed E-state index contributed by atoms with van der Waals surface area (Å²) in [4.78, 5) is 26.3. The summed E-state index contributed by atoms with van der Waals surface area (Å²) in [5.74, 6) is 0.625. The van der Waals surface area contributed by atoms with Gasteiger partial charge < -0.3 is 26.6 Å². The molecule has 7 heteroatoms. The number of carbonyl (C=O) groups excluding carboxylic acids is 2. The van der Waals surface area contributed by atoms with Crippen LogP contribution < -0.4 is 26.6 Å². The van der Waals surface area contributed by atoms with Gasteiger partial charge in [-0.3, -0.25) is 9.59 Å². The second-order valence-electron chi connectivity index (χ2n) is 12.7. The van der Waals surface area contributed by atoms with Crippen LogP contribution in [0.25, 0.3) is 0 Å². The van der Waals surface area contributed by atoms with Crippen molar-refractivity contribution in [3.05, 3.63) is 12.3 Å². The lowest BCUT2D eigenvalue weighted by Gasteiger charge is -2.27. The van der Waals surface area contributed by atoms with Crippen molar-refractivity contribution in [3.63, 3.8) is 0 Å². The third-order valence-electron chi connectivity index (χ3n) is 7.39. The molecule has 0 aromatic heterocycles. The molecule has 0 spiro atoms. The molecule has 228 valence electrons. The van der Waals surface area contributed by atoms with Gasteiger partial charge in [0.15, 0.2) is 0 Å². The molecule has 1 fully saturated rings. The van der Waals surface area contributed by atoms with E-state index in [9.17, 15) is 9.59 Å². The number of nitrogens with one attached hydrogen (secondary N) is 5. The van der Waals surface area contributed by atoms with Crippen molar-refractivity contribution in [3.8, 4) is 0 Å². The maximum atomic E-state index is 13.2. The van der Waals surface area contributed by atoms with Crippen LogP contribution in [-0.4, -0.2) is 61.5 Å². The number of carbonyl (C=O) groups is 2. The Hall–Kier alpha value is -1.44. The van der Waals surface area contributed by atoms with E-state index in [1.165, 1.54) is 0 Å². The Balaban J connectivity index is 2.81. The maximum Gasteiger partial charge on any atom is 0.222 e. The maximum absolute atomic E-state index is 13.2. The van der Waals surface area contributed by atoms with Gasteiger partial charge in [0.2, 0.25) is 5.91 Å². The first kappa shape index (κ1) is 35.6.